The number of hydrogen-bond donors (Lipinski definition) is 1. The van der Waals surface area contributed by atoms with E-state index in [0.29, 0.717) is 17.1 Å². The number of unbranched alkanes of at least 4 members (excludes halogenated alkanes) is 3. The first kappa shape index (κ1) is 18.3. The Morgan fingerprint density at radius 2 is 1.73 bits per heavy atom. The lowest BCUT2D eigenvalue weighted by Crippen LogP contribution is -2.24. The summed E-state index contributed by atoms with van der Waals surface area (Å²) in [7, 11) is 3.15. The molecule has 1 aromatic carbocycles. The number of nitrogens with one attached hydrogen (secondary N) is 1. The third kappa shape index (κ3) is 6.37. The van der Waals surface area contributed by atoms with Crippen LogP contribution in [0.25, 0.3) is 0 Å². The van der Waals surface area contributed by atoms with Gasteiger partial charge in [-0.2, -0.15) is 0 Å². The summed E-state index contributed by atoms with van der Waals surface area (Å²) in [6.07, 6.45) is 6.00. The van der Waals surface area contributed by atoms with E-state index >= 15 is 0 Å². The Kier molecular flexibility index (Phi) is 8.41. The second-order valence-corrected chi connectivity index (χ2v) is 5.92. The Morgan fingerprint density at radius 1 is 1.05 bits per heavy atom. The van der Waals surface area contributed by atoms with Crippen LogP contribution >= 0.6 is 0 Å². The summed E-state index contributed by atoms with van der Waals surface area (Å²) in [5.74, 6) is 1.92. The number of carbonyl (C=O) groups excluding carboxylic acids is 1. The van der Waals surface area contributed by atoms with Gasteiger partial charge in [-0.3, -0.25) is 4.79 Å². The minimum Gasteiger partial charge on any atom is -0.493 e. The number of ether oxygens (including phenoxy) is 2. The fourth-order valence-electron chi connectivity index (χ4n) is 2.31. The van der Waals surface area contributed by atoms with Crippen LogP contribution in [-0.4, -0.2) is 26.7 Å². The van der Waals surface area contributed by atoms with Gasteiger partial charge in [-0.25, -0.2) is 0 Å². The highest BCUT2D eigenvalue weighted by molar-refractivity contribution is 5.94. The Hall–Kier alpha value is -1.71. The molecule has 1 N–H and O–H groups in total. The molecule has 0 spiro atoms. The molecular weight excluding hydrogens is 278 g/mol. The predicted molar refractivity (Wildman–Crippen MR) is 89.8 cm³/mol. The van der Waals surface area contributed by atoms with Crippen molar-refractivity contribution in [2.75, 3.05) is 20.8 Å². The topological polar surface area (TPSA) is 47.6 Å². The first-order valence-electron chi connectivity index (χ1n) is 8.08. The fraction of sp³-hybridized carbons (Fsp3) is 0.611. The standard InChI is InChI=1S/C18H29NO3/c1-14(2)9-7-5-6-8-12-19-18(20)15-10-11-16(21-3)17(13-15)22-4/h10-11,13-14H,5-9,12H2,1-4H3,(H,19,20). The van der Waals surface area contributed by atoms with Crippen molar-refractivity contribution in [1.29, 1.82) is 0 Å². The quantitative estimate of drug-likeness (QED) is 0.664. The molecular formula is C18H29NO3. The fourth-order valence-corrected chi connectivity index (χ4v) is 2.31. The number of hydrogen-bond acceptors (Lipinski definition) is 3. The molecule has 22 heavy (non-hydrogen) atoms. The lowest BCUT2D eigenvalue weighted by Gasteiger charge is -2.10. The van der Waals surface area contributed by atoms with Gasteiger partial charge in [0.25, 0.3) is 5.91 Å². The molecule has 0 aromatic heterocycles. The molecule has 1 amide bonds. The van der Waals surface area contributed by atoms with E-state index in [1.54, 1.807) is 32.4 Å². The van der Waals surface area contributed by atoms with Gasteiger partial charge in [0.05, 0.1) is 14.2 Å². The molecule has 0 fully saturated rings. The molecule has 0 atom stereocenters. The number of amides is 1. The highest BCUT2D eigenvalue weighted by atomic mass is 16.5. The molecule has 1 rings (SSSR count). The van der Waals surface area contributed by atoms with Crippen molar-refractivity contribution in [3.8, 4) is 11.5 Å². The smallest absolute Gasteiger partial charge is 0.251 e. The zero-order valence-electron chi connectivity index (χ0n) is 14.3. The van der Waals surface area contributed by atoms with Gasteiger partial charge in [0.15, 0.2) is 11.5 Å². The summed E-state index contributed by atoms with van der Waals surface area (Å²) in [5.41, 5.74) is 0.595. The van der Waals surface area contributed by atoms with Gasteiger partial charge in [-0.1, -0.05) is 39.5 Å². The average molecular weight is 307 g/mol. The number of carbonyl (C=O) groups is 1. The molecule has 124 valence electrons. The Balaban J connectivity index is 2.31. The van der Waals surface area contributed by atoms with E-state index in [0.717, 1.165) is 18.9 Å². The van der Waals surface area contributed by atoms with Crippen LogP contribution in [-0.2, 0) is 0 Å². The van der Waals surface area contributed by atoms with Gasteiger partial charge in [0, 0.05) is 12.1 Å². The molecule has 0 bridgehead atoms. The molecule has 0 heterocycles. The van der Waals surface area contributed by atoms with Crippen molar-refractivity contribution in [2.24, 2.45) is 5.92 Å². The summed E-state index contributed by atoms with van der Waals surface area (Å²) in [6.45, 7) is 5.22. The van der Waals surface area contributed by atoms with Gasteiger partial charge in [-0.15, -0.1) is 0 Å². The predicted octanol–water partition coefficient (Wildman–Crippen LogP) is 4.04. The maximum atomic E-state index is 12.1. The van der Waals surface area contributed by atoms with E-state index in [1.165, 1.54) is 25.7 Å². The lowest BCUT2D eigenvalue weighted by atomic mass is 10.0. The molecule has 1 aromatic rings. The van der Waals surface area contributed by atoms with Crippen LogP contribution in [0.4, 0.5) is 0 Å². The third-order valence-corrected chi connectivity index (χ3v) is 3.64. The summed E-state index contributed by atoms with van der Waals surface area (Å²) in [6, 6.07) is 5.20. The summed E-state index contributed by atoms with van der Waals surface area (Å²) < 4.78 is 10.4. The van der Waals surface area contributed by atoms with Gasteiger partial charge in [0.2, 0.25) is 0 Å². The molecule has 0 radical (unpaired) electrons. The third-order valence-electron chi connectivity index (χ3n) is 3.64. The van der Waals surface area contributed by atoms with Crippen molar-refractivity contribution in [1.82, 2.24) is 5.32 Å². The molecule has 0 unspecified atom stereocenters. The lowest BCUT2D eigenvalue weighted by molar-refractivity contribution is 0.0952. The van der Waals surface area contributed by atoms with E-state index < -0.39 is 0 Å². The van der Waals surface area contributed by atoms with Gasteiger partial charge >= 0.3 is 0 Å². The Morgan fingerprint density at radius 3 is 2.36 bits per heavy atom. The van der Waals surface area contributed by atoms with Crippen LogP contribution in [0.3, 0.4) is 0 Å². The SMILES string of the molecule is COc1ccc(C(=O)NCCCCCCC(C)C)cc1OC. The van der Waals surface area contributed by atoms with Crippen molar-refractivity contribution >= 4 is 5.91 Å². The number of methoxy groups -OCH3 is 2. The highest BCUT2D eigenvalue weighted by Gasteiger charge is 2.10. The molecule has 4 heteroatoms. The second kappa shape index (κ2) is 10.1. The summed E-state index contributed by atoms with van der Waals surface area (Å²) in [5, 5.41) is 2.95. The second-order valence-electron chi connectivity index (χ2n) is 5.92. The van der Waals surface area contributed by atoms with Gasteiger partial charge in [-0.05, 0) is 30.5 Å². The van der Waals surface area contributed by atoms with Crippen molar-refractivity contribution in [2.45, 2.75) is 46.0 Å². The first-order chi connectivity index (χ1) is 10.6. The Bertz CT molecular complexity index is 458. The van der Waals surface area contributed by atoms with E-state index in [1.807, 2.05) is 0 Å². The van der Waals surface area contributed by atoms with Crippen molar-refractivity contribution in [3.63, 3.8) is 0 Å². The number of benzene rings is 1. The highest BCUT2D eigenvalue weighted by Crippen LogP contribution is 2.27. The van der Waals surface area contributed by atoms with Crippen molar-refractivity contribution < 1.29 is 14.3 Å². The minimum atomic E-state index is -0.0665. The van der Waals surface area contributed by atoms with Gasteiger partial charge in [0.1, 0.15) is 0 Å². The van der Waals surface area contributed by atoms with E-state index in [9.17, 15) is 4.79 Å². The molecule has 0 saturated carbocycles. The average Bonchev–Trinajstić information content (AvgIpc) is 2.52. The zero-order valence-corrected chi connectivity index (χ0v) is 14.3. The van der Waals surface area contributed by atoms with Crippen LogP contribution < -0.4 is 14.8 Å². The largest absolute Gasteiger partial charge is 0.493 e. The molecule has 0 aliphatic rings. The van der Waals surface area contributed by atoms with Crippen LogP contribution in [0.2, 0.25) is 0 Å². The maximum Gasteiger partial charge on any atom is 0.251 e. The summed E-state index contributed by atoms with van der Waals surface area (Å²) >= 11 is 0. The van der Waals surface area contributed by atoms with Crippen molar-refractivity contribution in [3.05, 3.63) is 23.8 Å². The monoisotopic (exact) mass is 307 g/mol. The van der Waals surface area contributed by atoms with E-state index in [4.69, 9.17) is 9.47 Å². The van der Waals surface area contributed by atoms with Crippen LogP contribution in [0.5, 0.6) is 11.5 Å². The molecule has 0 saturated heterocycles. The number of rotatable bonds is 10. The molecule has 0 aliphatic carbocycles. The zero-order chi connectivity index (χ0) is 16.4. The van der Waals surface area contributed by atoms with E-state index in [2.05, 4.69) is 19.2 Å². The van der Waals surface area contributed by atoms with Crippen LogP contribution in [0.15, 0.2) is 18.2 Å². The first-order valence-corrected chi connectivity index (χ1v) is 8.08. The van der Waals surface area contributed by atoms with E-state index in [-0.39, 0.29) is 5.91 Å². The van der Waals surface area contributed by atoms with Gasteiger partial charge < -0.3 is 14.8 Å². The van der Waals surface area contributed by atoms with Crippen LogP contribution in [0, 0.1) is 5.92 Å². The normalized spacial score (nSPS) is 10.6. The Labute approximate surface area is 134 Å². The molecule has 4 nitrogen and oxygen atoms in total. The molecule has 0 aliphatic heterocycles. The summed E-state index contributed by atoms with van der Waals surface area (Å²) in [4.78, 5) is 12.1. The van der Waals surface area contributed by atoms with Crippen LogP contribution in [0.1, 0.15) is 56.3 Å². The maximum absolute atomic E-state index is 12.1. The minimum absolute atomic E-state index is 0.0665.